The van der Waals surface area contributed by atoms with Crippen LogP contribution in [0.25, 0.3) is 0 Å². The van der Waals surface area contributed by atoms with Crippen molar-refractivity contribution in [3.05, 3.63) is 18.2 Å². The highest BCUT2D eigenvalue weighted by atomic mass is 16.4. The Bertz CT molecular complexity index is 456. The van der Waals surface area contributed by atoms with Crippen LogP contribution in [0.1, 0.15) is 37.7 Å². The Balaban J connectivity index is 2.42. The van der Waals surface area contributed by atoms with E-state index in [0.717, 1.165) is 13.0 Å². The van der Waals surface area contributed by atoms with Gasteiger partial charge in [0.25, 0.3) is 0 Å². The van der Waals surface area contributed by atoms with E-state index in [1.54, 1.807) is 9.47 Å². The summed E-state index contributed by atoms with van der Waals surface area (Å²) in [5, 5.41) is 11.6. The highest BCUT2D eigenvalue weighted by Crippen LogP contribution is 2.00. The van der Waals surface area contributed by atoms with Crippen molar-refractivity contribution in [3.8, 4) is 0 Å². The zero-order chi connectivity index (χ0) is 15.1. The molecule has 1 aromatic rings. The molecular formula is C13H22N4O3. The molecule has 7 nitrogen and oxygen atoms in total. The molecule has 0 fully saturated rings. The molecule has 0 saturated carbocycles. The zero-order valence-electron chi connectivity index (χ0n) is 12.2. The SMILES string of the molecule is CCCN(C(=O)NCCn1cnc(C(=O)O)c1)C(C)C. The summed E-state index contributed by atoms with van der Waals surface area (Å²) in [5.74, 6) is -1.05. The lowest BCUT2D eigenvalue weighted by atomic mass is 10.3. The van der Waals surface area contributed by atoms with Gasteiger partial charge in [-0.05, 0) is 20.3 Å². The molecule has 112 valence electrons. The number of nitrogens with one attached hydrogen (secondary N) is 1. The molecule has 20 heavy (non-hydrogen) atoms. The fourth-order valence-electron chi connectivity index (χ4n) is 1.82. The van der Waals surface area contributed by atoms with Gasteiger partial charge in [-0.15, -0.1) is 0 Å². The number of amides is 2. The monoisotopic (exact) mass is 282 g/mol. The van der Waals surface area contributed by atoms with Crippen LogP contribution >= 0.6 is 0 Å². The van der Waals surface area contributed by atoms with Gasteiger partial charge in [0.2, 0.25) is 0 Å². The third-order valence-corrected chi connectivity index (χ3v) is 2.85. The van der Waals surface area contributed by atoms with Gasteiger partial charge in [-0.3, -0.25) is 0 Å². The number of nitrogens with zero attached hydrogens (tertiary/aromatic N) is 3. The Labute approximate surface area is 118 Å². The molecule has 2 N–H and O–H groups in total. The summed E-state index contributed by atoms with van der Waals surface area (Å²) in [6, 6.07) is 0.0576. The minimum absolute atomic E-state index is 0.00566. The predicted molar refractivity (Wildman–Crippen MR) is 74.7 cm³/mol. The van der Waals surface area contributed by atoms with E-state index in [1.165, 1.54) is 12.5 Å². The van der Waals surface area contributed by atoms with Crippen molar-refractivity contribution in [1.82, 2.24) is 19.8 Å². The highest BCUT2D eigenvalue weighted by Gasteiger charge is 2.15. The number of urea groups is 1. The number of carbonyl (C=O) groups is 2. The first kappa shape index (κ1) is 16.0. The minimum atomic E-state index is -1.05. The van der Waals surface area contributed by atoms with E-state index in [4.69, 9.17) is 5.11 Å². The Kier molecular flexibility index (Phi) is 6.02. The van der Waals surface area contributed by atoms with E-state index < -0.39 is 5.97 Å². The van der Waals surface area contributed by atoms with Crippen LogP contribution in [0.2, 0.25) is 0 Å². The van der Waals surface area contributed by atoms with E-state index in [1.807, 2.05) is 20.8 Å². The Hall–Kier alpha value is -2.05. The molecule has 0 aliphatic carbocycles. The van der Waals surface area contributed by atoms with Gasteiger partial charge >= 0.3 is 12.0 Å². The van der Waals surface area contributed by atoms with Gasteiger partial charge in [0, 0.05) is 31.9 Å². The quantitative estimate of drug-likeness (QED) is 0.791. The van der Waals surface area contributed by atoms with Crippen molar-refractivity contribution in [2.75, 3.05) is 13.1 Å². The normalized spacial score (nSPS) is 10.6. The van der Waals surface area contributed by atoms with Crippen molar-refractivity contribution < 1.29 is 14.7 Å². The molecule has 0 saturated heterocycles. The fourth-order valence-corrected chi connectivity index (χ4v) is 1.82. The average molecular weight is 282 g/mol. The Morgan fingerprint density at radius 2 is 2.20 bits per heavy atom. The summed E-state index contributed by atoms with van der Waals surface area (Å²) in [6.45, 7) is 7.62. The van der Waals surface area contributed by atoms with Gasteiger partial charge in [0.1, 0.15) is 0 Å². The molecule has 1 aromatic heterocycles. The molecule has 0 atom stereocenters. The molecule has 0 aliphatic rings. The molecule has 0 spiro atoms. The number of carbonyl (C=O) groups excluding carboxylic acids is 1. The molecule has 1 heterocycles. The van der Waals surface area contributed by atoms with Crippen LogP contribution in [-0.2, 0) is 6.54 Å². The number of rotatable bonds is 7. The second-order valence-electron chi connectivity index (χ2n) is 4.82. The van der Waals surface area contributed by atoms with Crippen molar-refractivity contribution in [2.24, 2.45) is 0 Å². The Morgan fingerprint density at radius 3 is 2.70 bits per heavy atom. The third-order valence-electron chi connectivity index (χ3n) is 2.85. The van der Waals surface area contributed by atoms with E-state index in [2.05, 4.69) is 10.3 Å². The lowest BCUT2D eigenvalue weighted by molar-refractivity contribution is 0.0691. The smallest absolute Gasteiger partial charge is 0.356 e. The van der Waals surface area contributed by atoms with E-state index in [9.17, 15) is 9.59 Å². The standard InChI is InChI=1S/C13H22N4O3/c1-4-6-17(10(2)3)13(20)14-5-7-16-8-11(12(18)19)15-9-16/h8-10H,4-7H2,1-3H3,(H,14,20)(H,18,19). The van der Waals surface area contributed by atoms with Crippen LogP contribution in [0, 0.1) is 0 Å². The summed E-state index contributed by atoms with van der Waals surface area (Å²) in [6.07, 6.45) is 3.80. The molecule has 2 amide bonds. The van der Waals surface area contributed by atoms with Crippen LogP contribution in [0.4, 0.5) is 4.79 Å². The maximum atomic E-state index is 12.0. The van der Waals surface area contributed by atoms with E-state index >= 15 is 0 Å². The van der Waals surface area contributed by atoms with Crippen LogP contribution in [0.3, 0.4) is 0 Å². The number of aromatic carboxylic acids is 1. The first-order valence-electron chi connectivity index (χ1n) is 6.75. The van der Waals surface area contributed by atoms with Gasteiger partial charge in [-0.25, -0.2) is 14.6 Å². The topological polar surface area (TPSA) is 87.5 Å². The van der Waals surface area contributed by atoms with Crippen molar-refractivity contribution in [2.45, 2.75) is 39.8 Å². The van der Waals surface area contributed by atoms with Gasteiger partial charge in [-0.2, -0.15) is 0 Å². The molecule has 0 unspecified atom stereocenters. The molecule has 0 radical (unpaired) electrons. The fraction of sp³-hybridized carbons (Fsp3) is 0.615. The molecular weight excluding hydrogens is 260 g/mol. The van der Waals surface area contributed by atoms with Crippen molar-refractivity contribution in [3.63, 3.8) is 0 Å². The van der Waals surface area contributed by atoms with Crippen molar-refractivity contribution in [1.29, 1.82) is 0 Å². The lowest BCUT2D eigenvalue weighted by Crippen LogP contribution is -2.45. The Morgan fingerprint density at radius 1 is 1.50 bits per heavy atom. The van der Waals surface area contributed by atoms with Gasteiger partial charge < -0.3 is 19.9 Å². The number of hydrogen-bond acceptors (Lipinski definition) is 3. The molecule has 0 aliphatic heterocycles. The largest absolute Gasteiger partial charge is 0.476 e. The number of carboxylic acids is 1. The minimum Gasteiger partial charge on any atom is -0.476 e. The van der Waals surface area contributed by atoms with Crippen LogP contribution in [-0.4, -0.2) is 50.7 Å². The predicted octanol–water partition coefficient (Wildman–Crippen LogP) is 1.41. The maximum Gasteiger partial charge on any atom is 0.356 e. The van der Waals surface area contributed by atoms with Crippen LogP contribution in [0.5, 0.6) is 0 Å². The maximum absolute atomic E-state index is 12.0. The first-order chi connectivity index (χ1) is 9.45. The second-order valence-corrected chi connectivity index (χ2v) is 4.82. The van der Waals surface area contributed by atoms with E-state index in [-0.39, 0.29) is 17.8 Å². The first-order valence-corrected chi connectivity index (χ1v) is 6.75. The van der Waals surface area contributed by atoms with Crippen LogP contribution in [0.15, 0.2) is 12.5 Å². The van der Waals surface area contributed by atoms with Gasteiger partial charge in [0.15, 0.2) is 5.69 Å². The van der Waals surface area contributed by atoms with Crippen LogP contribution < -0.4 is 5.32 Å². The average Bonchev–Trinajstić information content (AvgIpc) is 2.84. The molecule has 1 rings (SSSR count). The zero-order valence-corrected chi connectivity index (χ0v) is 12.2. The lowest BCUT2D eigenvalue weighted by Gasteiger charge is -2.26. The summed E-state index contributed by atoms with van der Waals surface area (Å²) in [4.78, 5) is 28.2. The summed E-state index contributed by atoms with van der Waals surface area (Å²) >= 11 is 0. The summed E-state index contributed by atoms with van der Waals surface area (Å²) in [5.41, 5.74) is 0.00566. The number of carboxylic acid groups (broad SMARTS) is 1. The summed E-state index contributed by atoms with van der Waals surface area (Å²) < 4.78 is 1.64. The summed E-state index contributed by atoms with van der Waals surface area (Å²) in [7, 11) is 0. The second kappa shape index (κ2) is 7.52. The third kappa shape index (κ3) is 4.56. The highest BCUT2D eigenvalue weighted by molar-refractivity contribution is 5.84. The molecule has 0 aromatic carbocycles. The molecule has 0 bridgehead atoms. The van der Waals surface area contributed by atoms with Gasteiger partial charge in [-0.1, -0.05) is 6.92 Å². The number of imidazole rings is 1. The number of aromatic nitrogens is 2. The van der Waals surface area contributed by atoms with Crippen molar-refractivity contribution >= 4 is 12.0 Å². The van der Waals surface area contributed by atoms with Gasteiger partial charge in [0.05, 0.1) is 6.33 Å². The molecule has 7 heteroatoms. The van der Waals surface area contributed by atoms with E-state index in [0.29, 0.717) is 13.1 Å². The number of hydrogen-bond donors (Lipinski definition) is 2.